The molecule has 3 aromatic rings. The van der Waals surface area contributed by atoms with Gasteiger partial charge in [-0.1, -0.05) is 30.3 Å². The summed E-state index contributed by atoms with van der Waals surface area (Å²) in [5, 5.41) is 3.92. The molecular weight excluding hydrogens is 328 g/mol. The first kappa shape index (κ1) is 16.4. The Morgan fingerprint density at radius 2 is 1.88 bits per heavy atom. The molecule has 1 amide bonds. The van der Waals surface area contributed by atoms with E-state index in [0.29, 0.717) is 5.56 Å². The number of aromatic nitrogens is 1. The lowest BCUT2D eigenvalue weighted by Crippen LogP contribution is -2.36. The topological polar surface area (TPSA) is 60.3 Å². The molecule has 1 aliphatic carbocycles. The summed E-state index contributed by atoms with van der Waals surface area (Å²) >= 11 is 0. The molecule has 0 saturated heterocycles. The molecule has 1 fully saturated rings. The van der Waals surface area contributed by atoms with Crippen molar-refractivity contribution in [3.63, 3.8) is 0 Å². The Morgan fingerprint density at radius 1 is 1.12 bits per heavy atom. The van der Waals surface area contributed by atoms with E-state index < -0.39 is 0 Å². The minimum absolute atomic E-state index is 0.194. The van der Waals surface area contributed by atoms with E-state index in [1.807, 2.05) is 48.5 Å². The summed E-state index contributed by atoms with van der Waals surface area (Å²) in [4.78, 5) is 25.3. The highest BCUT2D eigenvalue weighted by molar-refractivity contribution is 6.06. The molecule has 132 valence electrons. The highest BCUT2D eigenvalue weighted by atomic mass is 16.5. The van der Waals surface area contributed by atoms with Crippen molar-refractivity contribution >= 4 is 16.8 Å². The van der Waals surface area contributed by atoms with Gasteiger partial charge in [-0.3, -0.25) is 9.59 Å². The standard InChI is InChI=1S/C21H20N2O3/c1-23-18-9-4-3-8-16(18)17(13-19(23)24)20(25)22-21(10-11-21)14-6-5-7-15(12-14)26-2/h3-9,12-13H,10-11H2,1-2H3,(H,22,25). The fourth-order valence-electron chi connectivity index (χ4n) is 3.41. The second-order valence-electron chi connectivity index (χ2n) is 6.74. The van der Waals surface area contributed by atoms with Crippen LogP contribution < -0.4 is 15.6 Å². The zero-order valence-electron chi connectivity index (χ0n) is 14.8. The van der Waals surface area contributed by atoms with Crippen LogP contribution in [-0.4, -0.2) is 17.6 Å². The van der Waals surface area contributed by atoms with Crippen LogP contribution in [0.2, 0.25) is 0 Å². The van der Waals surface area contributed by atoms with Crippen molar-refractivity contribution < 1.29 is 9.53 Å². The molecule has 1 N–H and O–H groups in total. The Morgan fingerprint density at radius 3 is 2.62 bits per heavy atom. The van der Waals surface area contributed by atoms with E-state index in [9.17, 15) is 9.59 Å². The van der Waals surface area contributed by atoms with Gasteiger partial charge in [0.25, 0.3) is 11.5 Å². The van der Waals surface area contributed by atoms with Crippen LogP contribution in [0.4, 0.5) is 0 Å². The van der Waals surface area contributed by atoms with Gasteiger partial charge in [0.2, 0.25) is 0 Å². The van der Waals surface area contributed by atoms with E-state index in [0.717, 1.165) is 35.1 Å². The summed E-state index contributed by atoms with van der Waals surface area (Å²) in [6.07, 6.45) is 1.74. The van der Waals surface area contributed by atoms with Crippen LogP contribution in [0.3, 0.4) is 0 Å². The molecule has 0 unspecified atom stereocenters. The van der Waals surface area contributed by atoms with Crippen molar-refractivity contribution in [2.24, 2.45) is 7.05 Å². The maximum absolute atomic E-state index is 13.0. The number of carbonyl (C=O) groups is 1. The monoisotopic (exact) mass is 348 g/mol. The van der Waals surface area contributed by atoms with Crippen LogP contribution in [0, 0.1) is 0 Å². The zero-order chi connectivity index (χ0) is 18.3. The van der Waals surface area contributed by atoms with Crippen LogP contribution >= 0.6 is 0 Å². The molecule has 0 bridgehead atoms. The molecule has 1 heterocycles. The predicted molar refractivity (Wildman–Crippen MR) is 101 cm³/mol. The second-order valence-corrected chi connectivity index (χ2v) is 6.74. The molecule has 5 heteroatoms. The minimum Gasteiger partial charge on any atom is -0.497 e. The quantitative estimate of drug-likeness (QED) is 0.788. The fraction of sp³-hybridized carbons (Fsp3) is 0.238. The van der Waals surface area contributed by atoms with Crippen LogP contribution in [0.25, 0.3) is 10.9 Å². The molecule has 5 nitrogen and oxygen atoms in total. The van der Waals surface area contributed by atoms with Crippen molar-refractivity contribution in [1.82, 2.24) is 9.88 Å². The van der Waals surface area contributed by atoms with Gasteiger partial charge in [0, 0.05) is 18.5 Å². The van der Waals surface area contributed by atoms with Gasteiger partial charge in [-0.25, -0.2) is 0 Å². The molecular formula is C21H20N2O3. The van der Waals surface area contributed by atoms with Crippen LogP contribution in [-0.2, 0) is 12.6 Å². The van der Waals surface area contributed by atoms with Crippen LogP contribution in [0.5, 0.6) is 5.75 Å². The summed E-state index contributed by atoms with van der Waals surface area (Å²) in [5.74, 6) is 0.543. The van der Waals surface area contributed by atoms with E-state index in [4.69, 9.17) is 4.74 Å². The summed E-state index contributed by atoms with van der Waals surface area (Å²) in [7, 11) is 3.34. The second kappa shape index (κ2) is 6.02. The maximum atomic E-state index is 13.0. The molecule has 0 spiro atoms. The number of para-hydroxylation sites is 1. The lowest BCUT2D eigenvalue weighted by atomic mass is 10.0. The molecule has 4 rings (SSSR count). The number of hydrogen-bond acceptors (Lipinski definition) is 3. The molecule has 1 saturated carbocycles. The molecule has 0 atom stereocenters. The smallest absolute Gasteiger partial charge is 0.252 e. The van der Waals surface area contributed by atoms with Crippen molar-refractivity contribution in [2.75, 3.05) is 7.11 Å². The Hall–Kier alpha value is -3.08. The molecule has 26 heavy (non-hydrogen) atoms. The molecule has 1 aliphatic rings. The number of methoxy groups -OCH3 is 1. The number of hydrogen-bond donors (Lipinski definition) is 1. The lowest BCUT2D eigenvalue weighted by Gasteiger charge is -2.19. The number of pyridine rings is 1. The Kier molecular flexibility index (Phi) is 3.80. The lowest BCUT2D eigenvalue weighted by molar-refractivity contribution is 0.0932. The molecule has 2 aromatic carbocycles. The number of benzene rings is 2. The van der Waals surface area contributed by atoms with E-state index in [-0.39, 0.29) is 17.0 Å². The third-order valence-electron chi connectivity index (χ3n) is 5.12. The van der Waals surface area contributed by atoms with Gasteiger partial charge in [-0.15, -0.1) is 0 Å². The SMILES string of the molecule is COc1cccc(C2(NC(=O)c3cc(=O)n(C)c4ccccc34)CC2)c1. The Balaban J connectivity index is 1.72. The van der Waals surface area contributed by atoms with Gasteiger partial charge in [-0.2, -0.15) is 0 Å². The van der Waals surface area contributed by atoms with Crippen LogP contribution in [0.1, 0.15) is 28.8 Å². The third-order valence-corrected chi connectivity index (χ3v) is 5.12. The van der Waals surface area contributed by atoms with Gasteiger partial charge in [0.05, 0.1) is 23.7 Å². The largest absolute Gasteiger partial charge is 0.497 e. The van der Waals surface area contributed by atoms with Crippen molar-refractivity contribution in [2.45, 2.75) is 18.4 Å². The number of aryl methyl sites for hydroxylation is 1. The Bertz CT molecular complexity index is 1060. The normalized spacial score (nSPS) is 14.8. The number of fused-ring (bicyclic) bond motifs is 1. The number of nitrogens with one attached hydrogen (secondary N) is 1. The number of amides is 1. The van der Waals surface area contributed by atoms with Gasteiger partial charge < -0.3 is 14.6 Å². The van der Waals surface area contributed by atoms with E-state index in [1.54, 1.807) is 18.7 Å². The Labute approximate surface area is 151 Å². The molecule has 0 aliphatic heterocycles. The van der Waals surface area contributed by atoms with Gasteiger partial charge >= 0.3 is 0 Å². The van der Waals surface area contributed by atoms with Gasteiger partial charge in [-0.05, 0) is 36.6 Å². The zero-order valence-corrected chi connectivity index (χ0v) is 14.8. The molecule has 1 aromatic heterocycles. The van der Waals surface area contributed by atoms with Gasteiger partial charge in [0.15, 0.2) is 0 Å². The van der Waals surface area contributed by atoms with Crippen molar-refractivity contribution in [3.05, 3.63) is 76.1 Å². The van der Waals surface area contributed by atoms with E-state index >= 15 is 0 Å². The summed E-state index contributed by atoms with van der Waals surface area (Å²) in [6.45, 7) is 0. The summed E-state index contributed by atoms with van der Waals surface area (Å²) in [5.41, 5.74) is 1.61. The average Bonchev–Trinajstić information content (AvgIpc) is 3.45. The van der Waals surface area contributed by atoms with E-state index in [1.165, 1.54) is 6.07 Å². The molecule has 0 radical (unpaired) electrons. The number of carbonyl (C=O) groups excluding carboxylic acids is 1. The first-order valence-electron chi connectivity index (χ1n) is 8.60. The highest BCUT2D eigenvalue weighted by Crippen LogP contribution is 2.46. The minimum atomic E-state index is -0.381. The van der Waals surface area contributed by atoms with Gasteiger partial charge in [0.1, 0.15) is 5.75 Å². The predicted octanol–water partition coefficient (Wildman–Crippen LogP) is 2.97. The first-order valence-corrected chi connectivity index (χ1v) is 8.60. The first-order chi connectivity index (χ1) is 12.5. The van der Waals surface area contributed by atoms with Crippen molar-refractivity contribution in [3.8, 4) is 5.75 Å². The third kappa shape index (κ3) is 2.65. The summed E-state index contributed by atoms with van der Waals surface area (Å²) < 4.78 is 6.85. The van der Waals surface area contributed by atoms with Crippen LogP contribution in [0.15, 0.2) is 59.4 Å². The number of nitrogens with zero attached hydrogens (tertiary/aromatic N) is 1. The fourth-order valence-corrected chi connectivity index (χ4v) is 3.41. The average molecular weight is 348 g/mol. The summed E-state index contributed by atoms with van der Waals surface area (Å²) in [6, 6.07) is 16.6. The maximum Gasteiger partial charge on any atom is 0.252 e. The number of rotatable bonds is 4. The highest BCUT2D eigenvalue weighted by Gasteiger charge is 2.46. The van der Waals surface area contributed by atoms with Crippen molar-refractivity contribution in [1.29, 1.82) is 0 Å². The number of ether oxygens (including phenoxy) is 1. The van der Waals surface area contributed by atoms with E-state index in [2.05, 4.69) is 5.32 Å².